The standard InChI is InChI=1S/C25H27N3O4/c1-4-5-14-27-24(30)23-22(19-8-6-7-9-20(19)32-23)28(25(27)31)15-21(29)26-18-12-10-17(11-13-18)16(2)3/h6-13,16H,4-5,14-15H2,1-3H3,(H,26,29). The first-order valence-electron chi connectivity index (χ1n) is 11.0. The number of hydrogen-bond donors (Lipinski definition) is 1. The van der Waals surface area contributed by atoms with Crippen molar-refractivity contribution in [1.29, 1.82) is 0 Å². The lowest BCUT2D eigenvalue weighted by atomic mass is 10.0. The van der Waals surface area contributed by atoms with E-state index in [1.54, 1.807) is 18.2 Å². The number of rotatable bonds is 7. The van der Waals surface area contributed by atoms with Crippen molar-refractivity contribution in [2.75, 3.05) is 5.32 Å². The highest BCUT2D eigenvalue weighted by molar-refractivity contribution is 6.03. The molecule has 0 bridgehead atoms. The fourth-order valence-corrected chi connectivity index (χ4v) is 3.85. The number of fused-ring (bicyclic) bond motifs is 3. The summed E-state index contributed by atoms with van der Waals surface area (Å²) in [4.78, 5) is 39.1. The highest BCUT2D eigenvalue weighted by atomic mass is 16.3. The Hall–Kier alpha value is -3.61. The number of nitrogens with one attached hydrogen (secondary N) is 1. The van der Waals surface area contributed by atoms with Gasteiger partial charge in [0.15, 0.2) is 0 Å². The summed E-state index contributed by atoms with van der Waals surface area (Å²) < 4.78 is 8.32. The Kier molecular flexibility index (Phi) is 5.99. The number of hydrogen-bond acceptors (Lipinski definition) is 4. The molecule has 166 valence electrons. The van der Waals surface area contributed by atoms with E-state index >= 15 is 0 Å². The quantitative estimate of drug-likeness (QED) is 0.466. The predicted molar refractivity (Wildman–Crippen MR) is 126 cm³/mol. The van der Waals surface area contributed by atoms with Crippen LogP contribution < -0.4 is 16.6 Å². The van der Waals surface area contributed by atoms with Gasteiger partial charge in [0, 0.05) is 17.6 Å². The first-order valence-corrected chi connectivity index (χ1v) is 11.0. The Morgan fingerprint density at radius 2 is 1.75 bits per heavy atom. The molecule has 1 amide bonds. The molecule has 1 N–H and O–H groups in total. The second-order valence-corrected chi connectivity index (χ2v) is 8.28. The summed E-state index contributed by atoms with van der Waals surface area (Å²) in [5, 5.41) is 3.48. The number of benzene rings is 2. The normalized spacial score (nSPS) is 11.5. The third-order valence-electron chi connectivity index (χ3n) is 5.64. The largest absolute Gasteiger partial charge is 0.449 e. The van der Waals surface area contributed by atoms with Gasteiger partial charge in [0.05, 0.1) is 0 Å². The van der Waals surface area contributed by atoms with E-state index in [4.69, 9.17) is 4.42 Å². The smallest absolute Gasteiger partial charge is 0.332 e. The zero-order chi connectivity index (χ0) is 22.8. The molecule has 4 aromatic rings. The molecule has 2 heterocycles. The van der Waals surface area contributed by atoms with Crippen molar-refractivity contribution in [2.45, 2.75) is 52.6 Å². The van der Waals surface area contributed by atoms with E-state index in [0.29, 0.717) is 34.5 Å². The maximum Gasteiger partial charge on any atom is 0.332 e. The van der Waals surface area contributed by atoms with Crippen LogP contribution in [0.2, 0.25) is 0 Å². The molecule has 7 nitrogen and oxygen atoms in total. The Bertz CT molecular complexity index is 1390. The summed E-state index contributed by atoms with van der Waals surface area (Å²) in [5.41, 5.74) is 1.81. The molecular formula is C25H27N3O4. The summed E-state index contributed by atoms with van der Waals surface area (Å²) in [7, 11) is 0. The summed E-state index contributed by atoms with van der Waals surface area (Å²) >= 11 is 0. The minimum Gasteiger partial charge on any atom is -0.449 e. The topological polar surface area (TPSA) is 86.2 Å². The van der Waals surface area contributed by atoms with Gasteiger partial charge in [-0.25, -0.2) is 4.79 Å². The Morgan fingerprint density at radius 3 is 2.44 bits per heavy atom. The first-order chi connectivity index (χ1) is 15.4. The SMILES string of the molecule is CCCCn1c(=O)c2oc3ccccc3c2n(CC(=O)Nc2ccc(C(C)C)cc2)c1=O. The molecule has 0 fully saturated rings. The second kappa shape index (κ2) is 8.86. The first kappa shape index (κ1) is 21.6. The van der Waals surface area contributed by atoms with Crippen molar-refractivity contribution < 1.29 is 9.21 Å². The molecule has 2 aromatic heterocycles. The van der Waals surface area contributed by atoms with Gasteiger partial charge >= 0.3 is 5.69 Å². The lowest BCUT2D eigenvalue weighted by Gasteiger charge is -2.12. The second-order valence-electron chi connectivity index (χ2n) is 8.28. The number of amides is 1. The zero-order valence-electron chi connectivity index (χ0n) is 18.6. The lowest BCUT2D eigenvalue weighted by Crippen LogP contribution is -2.41. The van der Waals surface area contributed by atoms with Gasteiger partial charge in [-0.2, -0.15) is 0 Å². The zero-order valence-corrected chi connectivity index (χ0v) is 18.6. The van der Waals surface area contributed by atoms with Crippen LogP contribution in [0.1, 0.15) is 45.1 Å². The Labute approximate surface area is 185 Å². The van der Waals surface area contributed by atoms with Crippen LogP contribution in [0.4, 0.5) is 5.69 Å². The monoisotopic (exact) mass is 433 g/mol. The third-order valence-corrected chi connectivity index (χ3v) is 5.64. The average molecular weight is 434 g/mol. The lowest BCUT2D eigenvalue weighted by molar-refractivity contribution is -0.116. The molecule has 4 rings (SSSR count). The van der Waals surface area contributed by atoms with E-state index in [9.17, 15) is 14.4 Å². The van der Waals surface area contributed by atoms with Gasteiger partial charge in [-0.1, -0.05) is 51.5 Å². The van der Waals surface area contributed by atoms with Crippen LogP contribution >= 0.6 is 0 Å². The van der Waals surface area contributed by atoms with Crippen molar-refractivity contribution in [2.24, 2.45) is 0 Å². The molecule has 0 radical (unpaired) electrons. The number of aromatic nitrogens is 2. The molecule has 0 aliphatic rings. The summed E-state index contributed by atoms with van der Waals surface area (Å²) in [5.74, 6) is 0.0434. The molecule has 0 atom stereocenters. The van der Waals surface area contributed by atoms with Crippen LogP contribution in [0.3, 0.4) is 0 Å². The van der Waals surface area contributed by atoms with Gasteiger partial charge in [-0.15, -0.1) is 0 Å². The van der Waals surface area contributed by atoms with E-state index in [1.165, 1.54) is 14.7 Å². The maximum absolute atomic E-state index is 13.3. The van der Waals surface area contributed by atoms with Crippen LogP contribution in [0.15, 0.2) is 62.5 Å². The van der Waals surface area contributed by atoms with Crippen molar-refractivity contribution in [1.82, 2.24) is 9.13 Å². The van der Waals surface area contributed by atoms with Crippen LogP contribution in [0.5, 0.6) is 0 Å². The van der Waals surface area contributed by atoms with E-state index < -0.39 is 11.2 Å². The predicted octanol–water partition coefficient (Wildman–Crippen LogP) is 4.47. The molecule has 0 unspecified atom stereocenters. The number of nitrogens with zero attached hydrogens (tertiary/aromatic N) is 2. The molecule has 0 aliphatic carbocycles. The number of anilines is 1. The Morgan fingerprint density at radius 1 is 1.03 bits per heavy atom. The fourth-order valence-electron chi connectivity index (χ4n) is 3.85. The average Bonchev–Trinajstić information content (AvgIpc) is 3.17. The molecule has 0 aliphatic heterocycles. The number of carbonyl (C=O) groups is 1. The van der Waals surface area contributed by atoms with E-state index in [-0.39, 0.29) is 24.6 Å². The van der Waals surface area contributed by atoms with Gasteiger partial charge in [-0.05, 0) is 42.2 Å². The summed E-state index contributed by atoms with van der Waals surface area (Å²) in [6, 6.07) is 14.8. The third kappa shape index (κ3) is 3.98. The highest BCUT2D eigenvalue weighted by Gasteiger charge is 2.21. The van der Waals surface area contributed by atoms with Crippen molar-refractivity contribution >= 4 is 33.7 Å². The van der Waals surface area contributed by atoms with Gasteiger partial charge in [-0.3, -0.25) is 18.7 Å². The maximum atomic E-state index is 13.3. The van der Waals surface area contributed by atoms with Crippen LogP contribution in [-0.2, 0) is 17.9 Å². The molecule has 0 saturated carbocycles. The van der Waals surface area contributed by atoms with Crippen LogP contribution in [0.25, 0.3) is 22.1 Å². The van der Waals surface area contributed by atoms with Crippen LogP contribution in [0, 0.1) is 0 Å². The van der Waals surface area contributed by atoms with Crippen molar-refractivity contribution in [3.63, 3.8) is 0 Å². The van der Waals surface area contributed by atoms with Crippen molar-refractivity contribution in [3.8, 4) is 0 Å². The van der Waals surface area contributed by atoms with Gasteiger partial charge in [0.25, 0.3) is 5.56 Å². The summed E-state index contributed by atoms with van der Waals surface area (Å²) in [6.07, 6.45) is 1.51. The minimum atomic E-state index is -0.507. The van der Waals surface area contributed by atoms with E-state index in [0.717, 1.165) is 6.42 Å². The molecule has 32 heavy (non-hydrogen) atoms. The molecule has 0 spiro atoms. The molecular weight excluding hydrogens is 406 g/mol. The highest BCUT2D eigenvalue weighted by Crippen LogP contribution is 2.25. The number of furan rings is 1. The molecule has 7 heteroatoms. The molecule has 0 saturated heterocycles. The van der Waals surface area contributed by atoms with E-state index in [1.807, 2.05) is 37.3 Å². The molecule has 2 aromatic carbocycles. The van der Waals surface area contributed by atoms with Gasteiger partial charge in [0.1, 0.15) is 17.6 Å². The van der Waals surface area contributed by atoms with Gasteiger partial charge in [0.2, 0.25) is 11.5 Å². The van der Waals surface area contributed by atoms with E-state index in [2.05, 4.69) is 19.2 Å². The summed E-state index contributed by atoms with van der Waals surface area (Å²) in [6.45, 7) is 6.25. The number of para-hydroxylation sites is 1. The van der Waals surface area contributed by atoms with Gasteiger partial charge < -0.3 is 9.73 Å². The number of unbranched alkanes of at least 4 members (excludes halogenated alkanes) is 1. The van der Waals surface area contributed by atoms with Crippen LogP contribution in [-0.4, -0.2) is 15.0 Å². The number of carbonyl (C=O) groups excluding carboxylic acids is 1. The fraction of sp³-hybridized carbons (Fsp3) is 0.320. The Balaban J connectivity index is 1.77. The minimum absolute atomic E-state index is 0.0935. The van der Waals surface area contributed by atoms with Crippen molar-refractivity contribution in [3.05, 3.63) is 74.9 Å².